The molecule has 96 valence electrons. The first-order chi connectivity index (χ1) is 9.71. The number of aromatic nitrogens is 1. The molecule has 20 heavy (non-hydrogen) atoms. The number of hydrogen-bond acceptors (Lipinski definition) is 4. The molecule has 2 rings (SSSR count). The molecule has 0 saturated carbocycles. The number of benzene rings is 1. The lowest BCUT2D eigenvalue weighted by Gasteiger charge is -2.05. The Morgan fingerprint density at radius 3 is 2.65 bits per heavy atom. The van der Waals surface area contributed by atoms with Gasteiger partial charge in [-0.2, -0.15) is 10.5 Å². The largest absolute Gasteiger partial charge is 0.439 e. The molecule has 1 heterocycles. The first kappa shape index (κ1) is 13.8. The van der Waals surface area contributed by atoms with E-state index in [0.29, 0.717) is 11.6 Å². The molecule has 1 aromatic heterocycles. The second-order valence-electron chi connectivity index (χ2n) is 3.77. The van der Waals surface area contributed by atoms with Gasteiger partial charge in [0.1, 0.15) is 23.5 Å². The van der Waals surface area contributed by atoms with E-state index in [1.807, 2.05) is 18.2 Å². The Morgan fingerprint density at radius 1 is 1.20 bits per heavy atom. The lowest BCUT2D eigenvalue weighted by atomic mass is 10.1. The predicted octanol–water partition coefficient (Wildman–Crippen LogP) is 4.07. The number of nitrogens with zero attached hydrogens (tertiary/aromatic N) is 3. The highest BCUT2D eigenvalue weighted by Crippen LogP contribution is 2.22. The van der Waals surface area contributed by atoms with E-state index in [1.54, 1.807) is 36.5 Å². The average Bonchev–Trinajstić information content (AvgIpc) is 2.47. The SMILES string of the molecule is N#CC(C#N)=Cc1cccc(Oc2ccc(Br)cn2)c1. The van der Waals surface area contributed by atoms with Crippen LogP contribution in [0.3, 0.4) is 0 Å². The van der Waals surface area contributed by atoms with Crippen molar-refractivity contribution in [2.24, 2.45) is 0 Å². The van der Waals surface area contributed by atoms with E-state index in [0.717, 1.165) is 10.0 Å². The lowest BCUT2D eigenvalue weighted by molar-refractivity contribution is 0.462. The van der Waals surface area contributed by atoms with E-state index in [9.17, 15) is 0 Å². The molecular weight excluding hydrogens is 318 g/mol. The smallest absolute Gasteiger partial charge is 0.219 e. The third kappa shape index (κ3) is 3.68. The summed E-state index contributed by atoms with van der Waals surface area (Å²) in [6.07, 6.45) is 3.14. The Labute approximate surface area is 124 Å². The third-order valence-electron chi connectivity index (χ3n) is 2.33. The molecule has 0 spiro atoms. The average molecular weight is 326 g/mol. The summed E-state index contributed by atoms with van der Waals surface area (Å²) in [6, 6.07) is 14.3. The molecule has 0 amide bonds. The molecule has 0 aliphatic heterocycles. The maximum Gasteiger partial charge on any atom is 0.219 e. The summed E-state index contributed by atoms with van der Waals surface area (Å²) in [5.41, 5.74) is 0.765. The van der Waals surface area contributed by atoms with E-state index >= 15 is 0 Å². The summed E-state index contributed by atoms with van der Waals surface area (Å²) >= 11 is 3.30. The standard InChI is InChI=1S/C15H8BrN3O/c16-13-4-5-15(19-10-13)20-14-3-1-2-11(7-14)6-12(8-17)9-18/h1-7,10H. The quantitative estimate of drug-likeness (QED) is 0.797. The number of ether oxygens (including phenoxy) is 1. The second kappa shape index (κ2) is 6.51. The number of allylic oxidation sites excluding steroid dienone is 1. The number of nitriles is 2. The monoisotopic (exact) mass is 325 g/mol. The van der Waals surface area contributed by atoms with Gasteiger partial charge in [-0.05, 0) is 45.8 Å². The van der Waals surface area contributed by atoms with Gasteiger partial charge in [0, 0.05) is 16.7 Å². The topological polar surface area (TPSA) is 69.7 Å². The number of pyridine rings is 1. The molecule has 0 fully saturated rings. The van der Waals surface area contributed by atoms with E-state index in [-0.39, 0.29) is 5.57 Å². The predicted molar refractivity (Wildman–Crippen MR) is 77.7 cm³/mol. The summed E-state index contributed by atoms with van der Waals surface area (Å²) in [5.74, 6) is 1.05. The van der Waals surface area contributed by atoms with Crippen LogP contribution in [0.1, 0.15) is 5.56 Å². The minimum absolute atomic E-state index is 0.0453. The van der Waals surface area contributed by atoms with Crippen molar-refractivity contribution >= 4 is 22.0 Å². The Balaban J connectivity index is 2.23. The van der Waals surface area contributed by atoms with Crippen LogP contribution in [0, 0.1) is 22.7 Å². The van der Waals surface area contributed by atoms with Gasteiger partial charge in [0.05, 0.1) is 0 Å². The zero-order valence-electron chi connectivity index (χ0n) is 10.2. The molecule has 0 N–H and O–H groups in total. The van der Waals surface area contributed by atoms with Crippen molar-refractivity contribution in [2.75, 3.05) is 0 Å². The minimum atomic E-state index is 0.0453. The molecule has 0 atom stereocenters. The molecule has 4 nitrogen and oxygen atoms in total. The first-order valence-electron chi connectivity index (χ1n) is 5.62. The molecule has 5 heteroatoms. The maximum absolute atomic E-state index is 8.73. The Morgan fingerprint density at radius 2 is 2.00 bits per heavy atom. The van der Waals surface area contributed by atoms with Gasteiger partial charge in [-0.15, -0.1) is 0 Å². The van der Waals surface area contributed by atoms with Crippen molar-refractivity contribution in [3.63, 3.8) is 0 Å². The van der Waals surface area contributed by atoms with Crippen LogP contribution in [0.15, 0.2) is 52.6 Å². The van der Waals surface area contributed by atoms with Crippen molar-refractivity contribution in [2.45, 2.75) is 0 Å². The van der Waals surface area contributed by atoms with Gasteiger partial charge in [-0.3, -0.25) is 0 Å². The van der Waals surface area contributed by atoms with E-state index in [4.69, 9.17) is 15.3 Å². The zero-order chi connectivity index (χ0) is 14.4. The molecule has 0 radical (unpaired) electrons. The van der Waals surface area contributed by atoms with Crippen LogP contribution >= 0.6 is 15.9 Å². The van der Waals surface area contributed by atoms with Crippen molar-refractivity contribution < 1.29 is 4.74 Å². The van der Waals surface area contributed by atoms with Gasteiger partial charge in [0.2, 0.25) is 5.88 Å². The zero-order valence-corrected chi connectivity index (χ0v) is 11.8. The molecular formula is C15H8BrN3O. The fourth-order valence-electron chi connectivity index (χ4n) is 1.47. The lowest BCUT2D eigenvalue weighted by Crippen LogP contribution is -1.87. The Hall–Kier alpha value is -2.63. The molecule has 0 bridgehead atoms. The summed E-state index contributed by atoms with van der Waals surface area (Å²) in [7, 11) is 0. The highest BCUT2D eigenvalue weighted by molar-refractivity contribution is 9.10. The van der Waals surface area contributed by atoms with Crippen LogP contribution in [0.2, 0.25) is 0 Å². The second-order valence-corrected chi connectivity index (χ2v) is 4.69. The molecule has 0 aliphatic rings. The van der Waals surface area contributed by atoms with Gasteiger partial charge in [0.25, 0.3) is 0 Å². The van der Waals surface area contributed by atoms with Gasteiger partial charge in [0.15, 0.2) is 0 Å². The van der Waals surface area contributed by atoms with Crippen molar-refractivity contribution in [3.8, 4) is 23.8 Å². The fraction of sp³-hybridized carbons (Fsp3) is 0. The van der Waals surface area contributed by atoms with Gasteiger partial charge in [-0.25, -0.2) is 4.98 Å². The summed E-state index contributed by atoms with van der Waals surface area (Å²) in [6.45, 7) is 0. The third-order valence-corrected chi connectivity index (χ3v) is 2.80. The fourth-order valence-corrected chi connectivity index (χ4v) is 1.70. The molecule has 0 aliphatic carbocycles. The molecule has 0 unspecified atom stereocenters. The van der Waals surface area contributed by atoms with Crippen LogP contribution in [-0.2, 0) is 0 Å². The van der Waals surface area contributed by atoms with Gasteiger partial charge in [-0.1, -0.05) is 12.1 Å². The highest BCUT2D eigenvalue weighted by atomic mass is 79.9. The minimum Gasteiger partial charge on any atom is -0.439 e. The highest BCUT2D eigenvalue weighted by Gasteiger charge is 2.00. The van der Waals surface area contributed by atoms with E-state index < -0.39 is 0 Å². The number of halogens is 1. The maximum atomic E-state index is 8.73. The first-order valence-corrected chi connectivity index (χ1v) is 6.42. The van der Waals surface area contributed by atoms with Crippen molar-refractivity contribution in [1.82, 2.24) is 4.98 Å². The Bertz CT molecular complexity index is 708. The Kier molecular flexibility index (Phi) is 4.49. The van der Waals surface area contributed by atoms with Gasteiger partial charge >= 0.3 is 0 Å². The van der Waals surface area contributed by atoms with Crippen LogP contribution in [0.4, 0.5) is 0 Å². The normalized spacial score (nSPS) is 9.15. The van der Waals surface area contributed by atoms with Crippen molar-refractivity contribution in [1.29, 1.82) is 10.5 Å². The summed E-state index contributed by atoms with van der Waals surface area (Å²) in [5, 5.41) is 17.5. The molecule has 2 aromatic rings. The summed E-state index contributed by atoms with van der Waals surface area (Å²) in [4.78, 5) is 4.11. The summed E-state index contributed by atoms with van der Waals surface area (Å²) < 4.78 is 6.47. The van der Waals surface area contributed by atoms with Crippen LogP contribution in [-0.4, -0.2) is 4.98 Å². The van der Waals surface area contributed by atoms with E-state index in [2.05, 4.69) is 20.9 Å². The van der Waals surface area contributed by atoms with Crippen molar-refractivity contribution in [3.05, 3.63) is 58.2 Å². The molecule has 0 saturated heterocycles. The van der Waals surface area contributed by atoms with Crippen LogP contribution < -0.4 is 4.74 Å². The molecule has 1 aromatic carbocycles. The van der Waals surface area contributed by atoms with Crippen LogP contribution in [0.5, 0.6) is 11.6 Å². The van der Waals surface area contributed by atoms with Gasteiger partial charge < -0.3 is 4.74 Å². The van der Waals surface area contributed by atoms with E-state index in [1.165, 1.54) is 6.08 Å². The number of rotatable bonds is 3. The number of hydrogen-bond donors (Lipinski definition) is 0. The van der Waals surface area contributed by atoms with Crippen LogP contribution in [0.25, 0.3) is 6.08 Å².